The molecule has 0 aromatic heterocycles. The Bertz CT molecular complexity index is 638. The molecule has 0 bridgehead atoms. The fourth-order valence-corrected chi connectivity index (χ4v) is 2.76. The molecule has 138 valence electrons. The summed E-state index contributed by atoms with van der Waals surface area (Å²) in [6, 6.07) is 4.27. The number of carbonyl (C=O) groups is 2. The van der Waals surface area contributed by atoms with Crippen molar-refractivity contribution in [2.24, 2.45) is 0 Å². The number of aliphatic carboxylic acids is 1. The van der Waals surface area contributed by atoms with Gasteiger partial charge in [-0.1, -0.05) is 12.1 Å². The number of piperidine rings is 1. The van der Waals surface area contributed by atoms with Gasteiger partial charge < -0.3 is 14.7 Å². The number of carbonyl (C=O) groups excluding carboxylic acids is 1. The van der Waals surface area contributed by atoms with Crippen molar-refractivity contribution >= 4 is 11.9 Å². The van der Waals surface area contributed by atoms with Gasteiger partial charge in [-0.2, -0.15) is 17.6 Å². The van der Waals surface area contributed by atoms with Crippen LogP contribution in [0.3, 0.4) is 0 Å². The van der Waals surface area contributed by atoms with Crippen LogP contribution < -0.4 is 4.74 Å². The summed E-state index contributed by atoms with van der Waals surface area (Å²) in [7, 11) is 0. The Kier molecular flexibility index (Phi) is 5.86. The van der Waals surface area contributed by atoms with Gasteiger partial charge in [0.25, 0.3) is 5.91 Å². The number of carboxylic acid groups (broad SMARTS) is 1. The molecule has 9 heteroatoms. The molecular weight excluding hydrogens is 346 g/mol. The van der Waals surface area contributed by atoms with Crippen molar-refractivity contribution in [2.45, 2.75) is 44.3 Å². The van der Waals surface area contributed by atoms with Crippen LogP contribution in [0.2, 0.25) is 0 Å². The van der Waals surface area contributed by atoms with Crippen molar-refractivity contribution in [3.8, 4) is 5.75 Å². The number of ether oxygens (including phenoxy) is 1. The molecule has 1 aliphatic rings. The maximum Gasteiger partial charge on any atom is 0.461 e. The van der Waals surface area contributed by atoms with E-state index in [4.69, 9.17) is 5.11 Å². The number of alkyl halides is 4. The summed E-state index contributed by atoms with van der Waals surface area (Å²) in [4.78, 5) is 24.9. The van der Waals surface area contributed by atoms with Gasteiger partial charge in [-0.25, -0.2) is 0 Å². The summed E-state index contributed by atoms with van der Waals surface area (Å²) in [6.07, 6.45) is -7.22. The summed E-state index contributed by atoms with van der Waals surface area (Å²) >= 11 is 0. The van der Waals surface area contributed by atoms with Crippen molar-refractivity contribution in [1.82, 2.24) is 4.90 Å². The highest BCUT2D eigenvalue weighted by atomic mass is 19.3. The molecule has 2 rings (SSSR count). The second-order valence-corrected chi connectivity index (χ2v) is 5.71. The van der Waals surface area contributed by atoms with E-state index in [1.807, 2.05) is 0 Å². The maximum absolute atomic E-state index is 13.2. The average Bonchev–Trinajstić information content (AvgIpc) is 2.54. The van der Waals surface area contributed by atoms with E-state index in [-0.39, 0.29) is 18.5 Å². The summed E-state index contributed by atoms with van der Waals surface area (Å²) in [5.74, 6) is -2.47. The lowest BCUT2D eigenvalue weighted by atomic mass is 9.98. The largest absolute Gasteiger partial charge is 0.481 e. The topological polar surface area (TPSA) is 66.8 Å². The molecule has 0 saturated carbocycles. The predicted molar refractivity (Wildman–Crippen MR) is 78.9 cm³/mol. The van der Waals surface area contributed by atoms with Gasteiger partial charge >= 0.3 is 18.5 Å². The molecule has 0 radical (unpaired) electrons. The van der Waals surface area contributed by atoms with Gasteiger partial charge in [-0.15, -0.1) is 0 Å². The third-order valence-corrected chi connectivity index (χ3v) is 3.92. The number of amides is 1. The van der Waals surface area contributed by atoms with Crippen molar-refractivity contribution < 1.29 is 37.0 Å². The van der Waals surface area contributed by atoms with Gasteiger partial charge in [0.05, 0.1) is 12.0 Å². The second kappa shape index (κ2) is 7.71. The summed E-state index contributed by atoms with van der Waals surface area (Å²) in [5, 5.41) is 8.96. The Balaban J connectivity index is 2.28. The molecular formula is C16H17F4NO4. The lowest BCUT2D eigenvalue weighted by Gasteiger charge is -2.35. The number of halogens is 4. The Labute approximate surface area is 141 Å². The first-order valence-corrected chi connectivity index (χ1v) is 7.69. The molecule has 1 fully saturated rings. The number of likely N-dealkylation sites (tertiary alicyclic amines) is 1. The molecule has 0 unspecified atom stereocenters. The van der Waals surface area contributed by atoms with Crippen LogP contribution in [0, 0.1) is 0 Å². The van der Waals surface area contributed by atoms with Crippen molar-refractivity contribution in [3.05, 3.63) is 29.8 Å². The molecule has 5 nitrogen and oxygen atoms in total. The number of nitrogens with zero attached hydrogens (tertiary/aromatic N) is 1. The summed E-state index contributed by atoms with van der Waals surface area (Å²) in [6.45, 7) is 0.260. The zero-order valence-electron chi connectivity index (χ0n) is 13.1. The van der Waals surface area contributed by atoms with Crippen LogP contribution >= 0.6 is 0 Å². The zero-order chi connectivity index (χ0) is 18.6. The third kappa shape index (κ3) is 4.61. The minimum absolute atomic E-state index is 0.260. The van der Waals surface area contributed by atoms with Crippen LogP contribution in [0.4, 0.5) is 17.6 Å². The molecule has 0 spiro atoms. The molecule has 1 aromatic carbocycles. The van der Waals surface area contributed by atoms with Crippen LogP contribution in [0.5, 0.6) is 5.75 Å². The molecule has 0 aliphatic carbocycles. The Morgan fingerprint density at radius 3 is 2.60 bits per heavy atom. The first kappa shape index (κ1) is 19.0. The number of benzene rings is 1. The second-order valence-electron chi connectivity index (χ2n) is 5.71. The zero-order valence-corrected chi connectivity index (χ0v) is 13.1. The van der Waals surface area contributed by atoms with Gasteiger partial charge in [0.15, 0.2) is 0 Å². The van der Waals surface area contributed by atoms with Crippen LogP contribution in [0.1, 0.15) is 36.0 Å². The number of hydrogen-bond donors (Lipinski definition) is 1. The van der Waals surface area contributed by atoms with E-state index in [0.717, 1.165) is 12.5 Å². The highest BCUT2D eigenvalue weighted by Crippen LogP contribution is 2.31. The number of hydrogen-bond acceptors (Lipinski definition) is 3. The lowest BCUT2D eigenvalue weighted by Crippen LogP contribution is -2.45. The first-order valence-electron chi connectivity index (χ1n) is 7.69. The van der Waals surface area contributed by atoms with Gasteiger partial charge in [-0.05, 0) is 31.4 Å². The van der Waals surface area contributed by atoms with E-state index >= 15 is 0 Å². The Hall–Kier alpha value is -2.32. The highest BCUT2D eigenvalue weighted by Gasteiger charge is 2.45. The fourth-order valence-electron chi connectivity index (χ4n) is 2.76. The van der Waals surface area contributed by atoms with E-state index in [1.165, 1.54) is 23.1 Å². The Morgan fingerprint density at radius 1 is 1.28 bits per heavy atom. The van der Waals surface area contributed by atoms with Gasteiger partial charge in [0.1, 0.15) is 5.75 Å². The molecule has 25 heavy (non-hydrogen) atoms. The average molecular weight is 363 g/mol. The monoisotopic (exact) mass is 363 g/mol. The molecule has 1 saturated heterocycles. The molecule has 1 aliphatic heterocycles. The summed E-state index contributed by atoms with van der Waals surface area (Å²) in [5.41, 5.74) is -0.305. The quantitative estimate of drug-likeness (QED) is 0.787. The minimum Gasteiger partial charge on any atom is -0.481 e. The third-order valence-electron chi connectivity index (χ3n) is 3.92. The van der Waals surface area contributed by atoms with Crippen molar-refractivity contribution in [1.29, 1.82) is 0 Å². The van der Waals surface area contributed by atoms with Gasteiger partial charge in [0, 0.05) is 12.6 Å². The fraction of sp³-hybridized carbons (Fsp3) is 0.500. The maximum atomic E-state index is 13.2. The Morgan fingerprint density at radius 2 is 1.96 bits per heavy atom. The smallest absolute Gasteiger partial charge is 0.461 e. The molecule has 1 aromatic rings. The molecule has 1 amide bonds. The lowest BCUT2D eigenvalue weighted by molar-refractivity contribution is -0.253. The van der Waals surface area contributed by atoms with Gasteiger partial charge in [-0.3, -0.25) is 9.59 Å². The number of rotatable bonds is 6. The van der Waals surface area contributed by atoms with Crippen molar-refractivity contribution in [3.63, 3.8) is 0 Å². The normalized spacial score (nSPS) is 18.3. The predicted octanol–water partition coefficient (Wildman–Crippen LogP) is 3.39. The van der Waals surface area contributed by atoms with E-state index in [2.05, 4.69) is 4.74 Å². The molecule has 1 heterocycles. The van der Waals surface area contributed by atoms with Crippen LogP contribution in [0.25, 0.3) is 0 Å². The minimum atomic E-state index is -4.74. The first-order chi connectivity index (χ1) is 11.7. The standard InChI is InChI=1S/C16H17F4NO4/c17-15(18)16(19,20)25-12-7-2-1-6-11(12)14(24)21-8-4-3-5-10(21)9-13(22)23/h1-2,6-7,10,15H,3-5,8-9H2,(H,22,23)/t10-/m1/s1. The molecule has 1 N–H and O–H groups in total. The van der Waals surface area contributed by atoms with Crippen LogP contribution in [0.15, 0.2) is 24.3 Å². The highest BCUT2D eigenvalue weighted by molar-refractivity contribution is 5.97. The van der Waals surface area contributed by atoms with E-state index in [9.17, 15) is 27.2 Å². The number of carboxylic acids is 1. The van der Waals surface area contributed by atoms with Gasteiger partial charge in [0.2, 0.25) is 0 Å². The van der Waals surface area contributed by atoms with E-state index in [0.29, 0.717) is 12.8 Å². The van der Waals surface area contributed by atoms with E-state index in [1.54, 1.807) is 0 Å². The summed E-state index contributed by atoms with van der Waals surface area (Å²) < 4.78 is 55.2. The van der Waals surface area contributed by atoms with E-state index < -0.39 is 36.2 Å². The number of para-hydroxylation sites is 1. The van der Waals surface area contributed by atoms with Crippen LogP contribution in [-0.4, -0.2) is 47.0 Å². The molecule has 1 atom stereocenters. The van der Waals surface area contributed by atoms with Crippen molar-refractivity contribution in [2.75, 3.05) is 6.54 Å². The SMILES string of the molecule is O=C(O)C[C@H]1CCCCN1C(=O)c1ccccc1OC(F)(F)C(F)F. The van der Waals surface area contributed by atoms with Crippen LogP contribution in [-0.2, 0) is 4.79 Å².